The number of fused-ring (bicyclic) bond motifs is 1. The zero-order valence-electron chi connectivity index (χ0n) is 26.4. The summed E-state index contributed by atoms with van der Waals surface area (Å²) in [4.78, 5) is 38.6. The fourth-order valence-electron chi connectivity index (χ4n) is 4.33. The van der Waals surface area contributed by atoms with Crippen molar-refractivity contribution in [2.45, 2.75) is 74.1 Å². The molecule has 0 aromatic rings. The number of amides is 2. The Kier molecular flexibility index (Phi) is 23.8. The predicted molar refractivity (Wildman–Crippen MR) is 175 cm³/mol. The molecule has 3 aliphatic rings. The lowest BCUT2D eigenvalue weighted by Gasteiger charge is -2.31. The SMILES string of the molecule is C#CC.C/C=C/C(C)=C/C=C(\C)Cl.C=C1C=CC=C2[C@@H](CC)CN(C(=O)CN3CCCCC3=O)CCN12.C=O.CC. The maximum absolute atomic E-state index is 12.8. The van der Waals surface area contributed by atoms with Crippen molar-refractivity contribution in [3.8, 4) is 12.3 Å². The van der Waals surface area contributed by atoms with Gasteiger partial charge in [0.1, 0.15) is 6.79 Å². The van der Waals surface area contributed by atoms with Crippen molar-refractivity contribution in [3.63, 3.8) is 0 Å². The molecule has 0 aromatic heterocycles. The van der Waals surface area contributed by atoms with Crippen LogP contribution in [0, 0.1) is 18.3 Å². The van der Waals surface area contributed by atoms with Gasteiger partial charge in [0.05, 0.1) is 6.54 Å². The Balaban J connectivity index is 0. The van der Waals surface area contributed by atoms with Crippen molar-refractivity contribution in [2.75, 3.05) is 32.7 Å². The van der Waals surface area contributed by atoms with Crippen LogP contribution in [0.25, 0.3) is 0 Å². The molecule has 3 heterocycles. The first-order valence-corrected chi connectivity index (χ1v) is 14.8. The molecule has 3 rings (SSSR count). The number of allylic oxidation sites excluding steroid dienone is 9. The third kappa shape index (κ3) is 15.9. The van der Waals surface area contributed by atoms with Crippen LogP contribution in [0.15, 0.2) is 71.1 Å². The highest BCUT2D eigenvalue weighted by Gasteiger charge is 2.31. The number of hydrogen-bond donors (Lipinski definition) is 0. The van der Waals surface area contributed by atoms with Gasteiger partial charge in [-0.3, -0.25) is 9.59 Å². The first-order chi connectivity index (χ1) is 19.7. The van der Waals surface area contributed by atoms with E-state index in [0.717, 1.165) is 43.1 Å². The minimum Gasteiger partial charge on any atom is -0.343 e. The summed E-state index contributed by atoms with van der Waals surface area (Å²) in [6.45, 7) is 23.0. The quantitative estimate of drug-likeness (QED) is 0.251. The van der Waals surface area contributed by atoms with Crippen molar-refractivity contribution in [1.82, 2.24) is 14.7 Å². The largest absolute Gasteiger partial charge is 0.343 e. The Morgan fingerprint density at radius 3 is 2.34 bits per heavy atom. The molecule has 0 unspecified atom stereocenters. The van der Waals surface area contributed by atoms with Gasteiger partial charge in [0.2, 0.25) is 11.8 Å². The average molecular weight is 586 g/mol. The molecule has 0 bridgehead atoms. The smallest absolute Gasteiger partial charge is 0.242 e. The van der Waals surface area contributed by atoms with Gasteiger partial charge in [-0.2, -0.15) is 0 Å². The molecule has 41 heavy (non-hydrogen) atoms. The van der Waals surface area contributed by atoms with Gasteiger partial charge in [0.15, 0.2) is 0 Å². The molecule has 0 N–H and O–H groups in total. The van der Waals surface area contributed by atoms with Gasteiger partial charge >= 0.3 is 0 Å². The van der Waals surface area contributed by atoms with E-state index in [1.165, 1.54) is 11.3 Å². The summed E-state index contributed by atoms with van der Waals surface area (Å²) in [5.74, 6) is 2.76. The first kappa shape index (κ1) is 39.8. The van der Waals surface area contributed by atoms with Crippen molar-refractivity contribution >= 4 is 30.2 Å². The Morgan fingerprint density at radius 1 is 1.17 bits per heavy atom. The van der Waals surface area contributed by atoms with E-state index in [0.29, 0.717) is 25.4 Å². The highest BCUT2D eigenvalue weighted by Crippen LogP contribution is 2.29. The van der Waals surface area contributed by atoms with Crippen molar-refractivity contribution in [2.24, 2.45) is 5.92 Å². The normalized spacial score (nSPS) is 18.5. The summed E-state index contributed by atoms with van der Waals surface area (Å²) >= 11 is 5.61. The molecular weight excluding hydrogens is 534 g/mol. The van der Waals surface area contributed by atoms with Crippen LogP contribution in [0.1, 0.15) is 74.1 Å². The van der Waals surface area contributed by atoms with E-state index in [9.17, 15) is 9.59 Å². The Hall–Kier alpha value is -3.30. The number of carbonyl (C=O) groups is 3. The maximum Gasteiger partial charge on any atom is 0.242 e. The van der Waals surface area contributed by atoms with Crippen LogP contribution in [0.3, 0.4) is 0 Å². The Bertz CT molecular complexity index is 997. The van der Waals surface area contributed by atoms with Crippen molar-refractivity contribution in [3.05, 3.63) is 71.1 Å². The lowest BCUT2D eigenvalue weighted by atomic mass is 9.98. The lowest BCUT2D eigenvalue weighted by Crippen LogP contribution is -2.46. The molecule has 228 valence electrons. The molecule has 0 spiro atoms. The van der Waals surface area contributed by atoms with Gasteiger partial charge in [-0.1, -0.05) is 68.8 Å². The van der Waals surface area contributed by atoms with E-state index in [1.54, 1.807) is 11.8 Å². The summed E-state index contributed by atoms with van der Waals surface area (Å²) in [7, 11) is 0. The fraction of sp³-hybridized carbons (Fsp3) is 0.500. The molecule has 2 saturated heterocycles. The molecule has 2 fully saturated rings. The Labute approximate surface area is 255 Å². The Morgan fingerprint density at radius 2 is 1.80 bits per heavy atom. The third-order valence-electron chi connectivity index (χ3n) is 6.26. The van der Waals surface area contributed by atoms with Crippen molar-refractivity contribution < 1.29 is 14.4 Å². The van der Waals surface area contributed by atoms with E-state index in [4.69, 9.17) is 16.4 Å². The number of terminal acetylenes is 1. The summed E-state index contributed by atoms with van der Waals surface area (Å²) in [5.41, 5.74) is 3.46. The molecule has 3 aliphatic heterocycles. The van der Waals surface area contributed by atoms with Crippen LogP contribution in [-0.4, -0.2) is 66.0 Å². The summed E-state index contributed by atoms with van der Waals surface area (Å²) < 4.78 is 0. The van der Waals surface area contributed by atoms with Gasteiger partial charge in [-0.25, -0.2) is 0 Å². The predicted octanol–water partition coefficient (Wildman–Crippen LogP) is 7.27. The first-order valence-electron chi connectivity index (χ1n) is 14.4. The van der Waals surface area contributed by atoms with E-state index in [2.05, 4.69) is 36.8 Å². The minimum atomic E-state index is 0.0720. The summed E-state index contributed by atoms with van der Waals surface area (Å²) in [5, 5.41) is 0.809. The second-order valence-corrected chi connectivity index (χ2v) is 9.86. The highest BCUT2D eigenvalue weighted by molar-refractivity contribution is 6.29. The zero-order chi connectivity index (χ0) is 31.8. The topological polar surface area (TPSA) is 60.9 Å². The van der Waals surface area contributed by atoms with Crippen LogP contribution < -0.4 is 0 Å². The lowest BCUT2D eigenvalue weighted by molar-refractivity contribution is -0.142. The van der Waals surface area contributed by atoms with Crippen LogP contribution in [0.2, 0.25) is 0 Å². The van der Waals surface area contributed by atoms with E-state index in [1.807, 2.05) is 82.8 Å². The number of nitrogens with zero attached hydrogens (tertiary/aromatic N) is 3. The van der Waals surface area contributed by atoms with Crippen LogP contribution in [0.5, 0.6) is 0 Å². The van der Waals surface area contributed by atoms with Gasteiger partial charge < -0.3 is 19.5 Å². The summed E-state index contributed by atoms with van der Waals surface area (Å²) in [6, 6.07) is 0. The molecular formula is C34H52ClN3O3. The van der Waals surface area contributed by atoms with E-state index in [-0.39, 0.29) is 18.4 Å². The highest BCUT2D eigenvalue weighted by atomic mass is 35.5. The average Bonchev–Trinajstić information content (AvgIpc) is 3.17. The summed E-state index contributed by atoms with van der Waals surface area (Å²) in [6.07, 6.45) is 22.2. The fourth-order valence-corrected chi connectivity index (χ4v) is 4.39. The van der Waals surface area contributed by atoms with E-state index < -0.39 is 0 Å². The number of carbonyl (C=O) groups excluding carboxylic acids is 3. The maximum atomic E-state index is 12.8. The molecule has 0 aromatic carbocycles. The number of likely N-dealkylation sites (tertiary alicyclic amines) is 1. The van der Waals surface area contributed by atoms with Gasteiger partial charge in [0, 0.05) is 54.9 Å². The molecule has 7 heteroatoms. The molecule has 0 aliphatic carbocycles. The van der Waals surface area contributed by atoms with Crippen molar-refractivity contribution in [1.29, 1.82) is 0 Å². The number of rotatable bonds is 5. The zero-order valence-corrected chi connectivity index (χ0v) is 27.2. The number of hydrogen-bond acceptors (Lipinski definition) is 4. The monoisotopic (exact) mass is 585 g/mol. The van der Waals surface area contributed by atoms with Crippen LogP contribution >= 0.6 is 11.6 Å². The molecule has 6 nitrogen and oxygen atoms in total. The third-order valence-corrected chi connectivity index (χ3v) is 6.39. The standard InChI is InChI=1S/C19H27N3O2.C9H13Cl.C3H4.C2H6.CH2O/c1-3-16-13-21(11-12-22-15(2)7-6-8-17(16)22)19(24)14-20-10-5-4-9-18(20)23;1-4-5-8(2)6-7-9(3)10;1-3-2;2*1-2/h6-8,16H,2-5,9-14H2,1H3;4-7H,1-3H3;1H,2H3;1-2H3;1H2/b;5-4+,8-6+,9-7+;;;/t16-;;;;/m0..../s1. The molecule has 2 amide bonds. The second kappa shape index (κ2) is 24.5. The molecule has 1 atom stereocenters. The number of piperidine rings is 1. The second-order valence-electron chi connectivity index (χ2n) is 9.26. The molecule has 0 radical (unpaired) electrons. The molecule has 0 saturated carbocycles. The number of halogens is 1. The van der Waals surface area contributed by atoms with Gasteiger partial charge in [0.25, 0.3) is 0 Å². The van der Waals surface area contributed by atoms with Crippen LogP contribution in [0.4, 0.5) is 0 Å². The van der Waals surface area contributed by atoms with Gasteiger partial charge in [-0.15, -0.1) is 12.3 Å². The van der Waals surface area contributed by atoms with E-state index >= 15 is 0 Å². The van der Waals surface area contributed by atoms with Gasteiger partial charge in [-0.05, 0) is 65.2 Å². The minimum absolute atomic E-state index is 0.0720. The van der Waals surface area contributed by atoms with Crippen LogP contribution in [-0.2, 0) is 14.4 Å².